The molecule has 0 aliphatic rings. The fourth-order valence-electron chi connectivity index (χ4n) is 1.99. The van der Waals surface area contributed by atoms with Crippen LogP contribution in [0.1, 0.15) is 0 Å². The van der Waals surface area contributed by atoms with Gasteiger partial charge in [0.05, 0.1) is 21.4 Å². The van der Waals surface area contributed by atoms with Crippen molar-refractivity contribution in [3.63, 3.8) is 0 Å². The maximum atomic E-state index is 6.18. The minimum Gasteiger partial charge on any atom is -0.359 e. The molecule has 0 saturated carbocycles. The molecule has 0 saturated heterocycles. The summed E-state index contributed by atoms with van der Waals surface area (Å²) in [4.78, 5) is 3.19. The van der Waals surface area contributed by atoms with Crippen molar-refractivity contribution in [2.45, 2.75) is 0 Å². The van der Waals surface area contributed by atoms with Crippen LogP contribution in [0.2, 0.25) is 15.1 Å². The van der Waals surface area contributed by atoms with Gasteiger partial charge in [-0.1, -0.05) is 50.7 Å². The van der Waals surface area contributed by atoms with Crippen molar-refractivity contribution >= 4 is 73.0 Å². The molecule has 6 heteroatoms. The average Bonchev–Trinajstić information content (AvgIpc) is 2.76. The predicted octanol–water partition coefficient (Wildman–Crippen LogP) is 6.63. The van der Waals surface area contributed by atoms with Crippen molar-refractivity contribution < 1.29 is 0 Å². The molecule has 0 radical (unpaired) electrons. The molecule has 1 aromatic heterocycles. The fourth-order valence-corrected chi connectivity index (χ4v) is 3.27. The van der Waals surface area contributed by atoms with Gasteiger partial charge in [0.1, 0.15) is 0 Å². The Labute approximate surface area is 139 Å². The predicted molar refractivity (Wildman–Crippen MR) is 90.8 cm³/mol. The number of halogens is 4. The van der Waals surface area contributed by atoms with E-state index < -0.39 is 0 Å². The summed E-state index contributed by atoms with van der Waals surface area (Å²) in [6.45, 7) is 0. The van der Waals surface area contributed by atoms with Crippen LogP contribution in [0, 0.1) is 0 Å². The third-order valence-electron chi connectivity index (χ3n) is 2.91. The van der Waals surface area contributed by atoms with E-state index in [1.54, 1.807) is 12.1 Å². The van der Waals surface area contributed by atoms with E-state index in [2.05, 4.69) is 26.2 Å². The molecule has 2 N–H and O–H groups in total. The number of fused-ring (bicyclic) bond motifs is 1. The Bertz CT molecular complexity index is 775. The van der Waals surface area contributed by atoms with E-state index >= 15 is 0 Å². The molecule has 0 unspecified atom stereocenters. The molecule has 0 bridgehead atoms. The summed E-state index contributed by atoms with van der Waals surface area (Å²) in [5, 5.41) is 5.75. The molecular formula is C14H8BrCl3N2. The lowest BCUT2D eigenvalue weighted by Gasteiger charge is -2.10. The number of rotatable bonds is 2. The van der Waals surface area contributed by atoms with Crippen molar-refractivity contribution in [3.05, 3.63) is 56.1 Å². The van der Waals surface area contributed by atoms with Crippen molar-refractivity contribution in [2.75, 3.05) is 5.32 Å². The van der Waals surface area contributed by atoms with E-state index in [0.717, 1.165) is 21.1 Å². The number of aromatic nitrogens is 1. The topological polar surface area (TPSA) is 27.8 Å². The Morgan fingerprint density at radius 3 is 2.40 bits per heavy atom. The highest BCUT2D eigenvalue weighted by Gasteiger charge is 2.11. The quantitative estimate of drug-likeness (QED) is 0.505. The number of nitrogens with one attached hydrogen (secondary N) is 2. The molecule has 1 heterocycles. The maximum absolute atomic E-state index is 6.18. The number of hydrogen-bond acceptors (Lipinski definition) is 1. The second-order valence-electron chi connectivity index (χ2n) is 4.26. The van der Waals surface area contributed by atoms with E-state index in [0.29, 0.717) is 20.8 Å². The average molecular weight is 390 g/mol. The largest absolute Gasteiger partial charge is 0.359 e. The second kappa shape index (κ2) is 5.49. The smallest absolute Gasteiger partial charge is 0.0764 e. The Morgan fingerprint density at radius 1 is 1.00 bits per heavy atom. The summed E-state index contributed by atoms with van der Waals surface area (Å²) in [5.41, 5.74) is 2.56. The second-order valence-corrected chi connectivity index (χ2v) is 6.43. The van der Waals surface area contributed by atoms with E-state index in [9.17, 15) is 0 Å². The van der Waals surface area contributed by atoms with Gasteiger partial charge >= 0.3 is 0 Å². The van der Waals surface area contributed by atoms with Crippen LogP contribution in [-0.2, 0) is 0 Å². The molecular weight excluding hydrogens is 382 g/mol. The summed E-state index contributed by atoms with van der Waals surface area (Å²) in [6.07, 6.45) is 1.87. The van der Waals surface area contributed by atoms with Crippen LogP contribution in [0.15, 0.2) is 41.0 Å². The lowest BCUT2D eigenvalue weighted by atomic mass is 10.2. The van der Waals surface area contributed by atoms with Gasteiger partial charge in [0.15, 0.2) is 0 Å². The van der Waals surface area contributed by atoms with Crippen LogP contribution in [-0.4, -0.2) is 4.98 Å². The van der Waals surface area contributed by atoms with Crippen LogP contribution >= 0.6 is 50.7 Å². The van der Waals surface area contributed by atoms with Gasteiger partial charge in [0.25, 0.3) is 0 Å². The summed E-state index contributed by atoms with van der Waals surface area (Å²) in [6, 6.07) is 9.30. The van der Waals surface area contributed by atoms with Crippen molar-refractivity contribution in [1.82, 2.24) is 4.98 Å². The Kier molecular flexibility index (Phi) is 3.87. The first-order valence-corrected chi connectivity index (χ1v) is 7.65. The molecule has 0 spiro atoms. The van der Waals surface area contributed by atoms with Gasteiger partial charge < -0.3 is 10.3 Å². The van der Waals surface area contributed by atoms with Gasteiger partial charge in [-0.2, -0.15) is 0 Å². The van der Waals surface area contributed by atoms with Crippen molar-refractivity contribution in [2.24, 2.45) is 0 Å². The first-order chi connectivity index (χ1) is 9.54. The van der Waals surface area contributed by atoms with Gasteiger partial charge in [-0.05, 0) is 30.3 Å². The molecule has 3 rings (SSSR count). The van der Waals surface area contributed by atoms with E-state index in [1.807, 2.05) is 24.4 Å². The van der Waals surface area contributed by atoms with E-state index in [1.165, 1.54) is 0 Å². The molecule has 0 atom stereocenters. The van der Waals surface area contributed by atoms with Crippen LogP contribution < -0.4 is 5.32 Å². The third kappa shape index (κ3) is 2.63. The SMILES string of the molecule is Clc1cc(Cl)c(Nc2c[nH]c3ccc(Br)cc23)c(Cl)c1. The van der Waals surface area contributed by atoms with Gasteiger partial charge in [0, 0.05) is 26.6 Å². The minimum atomic E-state index is 0.479. The number of anilines is 2. The molecule has 102 valence electrons. The number of aromatic amines is 1. The molecule has 3 aromatic rings. The molecule has 0 fully saturated rings. The number of H-pyrrole nitrogens is 1. The van der Waals surface area contributed by atoms with Crippen LogP contribution in [0.5, 0.6) is 0 Å². The first-order valence-electron chi connectivity index (χ1n) is 5.73. The van der Waals surface area contributed by atoms with E-state index in [-0.39, 0.29) is 0 Å². The van der Waals surface area contributed by atoms with Crippen LogP contribution in [0.4, 0.5) is 11.4 Å². The molecule has 2 aromatic carbocycles. The summed E-state index contributed by atoms with van der Waals surface area (Å²) in [7, 11) is 0. The summed E-state index contributed by atoms with van der Waals surface area (Å²) >= 11 is 21.7. The molecule has 20 heavy (non-hydrogen) atoms. The lowest BCUT2D eigenvalue weighted by molar-refractivity contribution is 1.46. The van der Waals surface area contributed by atoms with Gasteiger partial charge in [0.2, 0.25) is 0 Å². The monoisotopic (exact) mass is 388 g/mol. The van der Waals surface area contributed by atoms with Crippen molar-refractivity contribution in [3.8, 4) is 0 Å². The van der Waals surface area contributed by atoms with Crippen LogP contribution in [0.25, 0.3) is 10.9 Å². The Morgan fingerprint density at radius 2 is 1.70 bits per heavy atom. The molecule has 0 amide bonds. The zero-order valence-corrected chi connectivity index (χ0v) is 13.8. The van der Waals surface area contributed by atoms with Crippen LogP contribution in [0.3, 0.4) is 0 Å². The molecule has 0 aliphatic carbocycles. The van der Waals surface area contributed by atoms with E-state index in [4.69, 9.17) is 34.8 Å². The van der Waals surface area contributed by atoms with Gasteiger partial charge in [-0.15, -0.1) is 0 Å². The normalized spacial score (nSPS) is 11.0. The van der Waals surface area contributed by atoms with Crippen molar-refractivity contribution in [1.29, 1.82) is 0 Å². The third-order valence-corrected chi connectivity index (χ3v) is 4.22. The minimum absolute atomic E-state index is 0.479. The maximum Gasteiger partial charge on any atom is 0.0764 e. The molecule has 0 aliphatic heterocycles. The highest BCUT2D eigenvalue weighted by Crippen LogP contribution is 2.37. The molecule has 2 nitrogen and oxygen atoms in total. The highest BCUT2D eigenvalue weighted by molar-refractivity contribution is 9.10. The first kappa shape index (κ1) is 14.1. The Hall–Kier alpha value is -0.870. The number of hydrogen-bond donors (Lipinski definition) is 2. The standard InChI is InChI=1S/C14H8BrCl3N2/c15-7-1-2-12-9(3-7)13(6-19-12)20-14-10(17)4-8(16)5-11(14)18/h1-6,19-20H. The summed E-state index contributed by atoms with van der Waals surface area (Å²) in [5.74, 6) is 0. The number of benzene rings is 2. The fraction of sp³-hybridized carbons (Fsp3) is 0. The zero-order valence-electron chi connectivity index (χ0n) is 9.98. The lowest BCUT2D eigenvalue weighted by Crippen LogP contribution is -1.91. The zero-order chi connectivity index (χ0) is 14.3. The van der Waals surface area contributed by atoms with Gasteiger partial charge in [-0.3, -0.25) is 0 Å². The van der Waals surface area contributed by atoms with Gasteiger partial charge in [-0.25, -0.2) is 0 Å². The summed E-state index contributed by atoms with van der Waals surface area (Å²) < 4.78 is 1.00. The Balaban J connectivity index is 2.08. The highest BCUT2D eigenvalue weighted by atomic mass is 79.9.